The van der Waals surface area contributed by atoms with Crippen molar-refractivity contribution in [2.24, 2.45) is 0 Å². The molecule has 0 radical (unpaired) electrons. The maximum Gasteiger partial charge on any atom is 0.294 e. The first-order valence-electron chi connectivity index (χ1n) is 6.48. The number of amides is 2. The molecule has 2 amide bonds. The Labute approximate surface area is 131 Å². The number of imide groups is 1. The second-order valence-electron chi connectivity index (χ2n) is 4.80. The van der Waals surface area contributed by atoms with Gasteiger partial charge in [0, 0.05) is 0 Å². The highest BCUT2D eigenvalue weighted by Crippen LogP contribution is 2.36. The molecule has 1 aliphatic rings. The second kappa shape index (κ2) is 5.18. The van der Waals surface area contributed by atoms with Crippen molar-refractivity contribution in [2.75, 3.05) is 12.0 Å². The topological polar surface area (TPSA) is 101 Å². The smallest absolute Gasteiger partial charge is 0.294 e. The molecule has 0 saturated carbocycles. The van der Waals surface area contributed by atoms with E-state index in [9.17, 15) is 18.0 Å². The molecule has 1 aliphatic heterocycles. The molecule has 2 aromatic carbocycles. The summed E-state index contributed by atoms with van der Waals surface area (Å²) in [5, 5.41) is 0. The Morgan fingerprint density at radius 3 is 2.04 bits per heavy atom. The van der Waals surface area contributed by atoms with E-state index in [1.165, 1.54) is 25.3 Å². The van der Waals surface area contributed by atoms with Gasteiger partial charge in [-0.1, -0.05) is 12.1 Å². The number of anilines is 1. The fraction of sp³-hybridized carbons (Fsp3) is 0.0667. The van der Waals surface area contributed by atoms with Crippen molar-refractivity contribution >= 4 is 27.6 Å². The molecule has 23 heavy (non-hydrogen) atoms. The zero-order valence-corrected chi connectivity index (χ0v) is 12.7. The number of rotatable bonds is 3. The first-order valence-corrected chi connectivity index (χ1v) is 7.92. The molecule has 8 heteroatoms. The van der Waals surface area contributed by atoms with Gasteiger partial charge in [-0.05, 0) is 30.3 Å². The highest BCUT2D eigenvalue weighted by atomic mass is 32.2. The molecule has 0 saturated heterocycles. The Kier molecular flexibility index (Phi) is 3.42. The van der Waals surface area contributed by atoms with E-state index < -0.39 is 26.8 Å². The molecule has 0 aliphatic carbocycles. The Morgan fingerprint density at radius 1 is 1.00 bits per heavy atom. The lowest BCUT2D eigenvalue weighted by molar-refractivity contribution is 0.0925. The van der Waals surface area contributed by atoms with Crippen LogP contribution in [0.5, 0.6) is 5.75 Å². The van der Waals surface area contributed by atoms with E-state index in [0.29, 0.717) is 0 Å². The maximum absolute atomic E-state index is 12.5. The lowest BCUT2D eigenvalue weighted by Gasteiger charge is -2.18. The van der Waals surface area contributed by atoms with Crippen LogP contribution in [0.15, 0.2) is 47.4 Å². The van der Waals surface area contributed by atoms with Gasteiger partial charge in [0.15, 0.2) is 0 Å². The van der Waals surface area contributed by atoms with Gasteiger partial charge in [0.05, 0.1) is 28.8 Å². The predicted octanol–water partition coefficient (Wildman–Crippen LogP) is 1.74. The fourth-order valence-corrected chi connectivity index (χ4v) is 2.91. The van der Waals surface area contributed by atoms with Gasteiger partial charge in [-0.3, -0.25) is 14.1 Å². The van der Waals surface area contributed by atoms with Crippen molar-refractivity contribution < 1.29 is 27.3 Å². The Bertz CT molecular complexity index is 900. The Morgan fingerprint density at radius 2 is 1.57 bits per heavy atom. The third kappa shape index (κ3) is 2.37. The molecule has 1 N–H and O–H groups in total. The van der Waals surface area contributed by atoms with Crippen molar-refractivity contribution in [3.63, 3.8) is 0 Å². The van der Waals surface area contributed by atoms with E-state index in [4.69, 9.17) is 9.29 Å². The van der Waals surface area contributed by atoms with E-state index >= 15 is 0 Å². The SMILES string of the molecule is COc1ccc(S(=O)(=O)O)cc1N1C(=O)c2ccccc2C1=O. The van der Waals surface area contributed by atoms with Crippen LogP contribution in [0.25, 0.3) is 0 Å². The van der Waals surface area contributed by atoms with Crippen molar-refractivity contribution in [3.8, 4) is 5.75 Å². The summed E-state index contributed by atoms with van der Waals surface area (Å²) in [5.41, 5.74) is 0.391. The van der Waals surface area contributed by atoms with Crippen molar-refractivity contribution in [2.45, 2.75) is 4.90 Å². The number of carbonyl (C=O) groups excluding carboxylic acids is 2. The molecule has 7 nitrogen and oxygen atoms in total. The number of fused-ring (bicyclic) bond motifs is 1. The number of nitrogens with zero attached hydrogens (tertiary/aromatic N) is 1. The molecular formula is C15H11NO6S. The van der Waals surface area contributed by atoms with Gasteiger partial charge in [0.1, 0.15) is 5.75 Å². The van der Waals surface area contributed by atoms with Gasteiger partial charge in [0.2, 0.25) is 0 Å². The molecule has 0 bridgehead atoms. The zero-order valence-electron chi connectivity index (χ0n) is 11.9. The van der Waals surface area contributed by atoms with Crippen LogP contribution >= 0.6 is 0 Å². The molecule has 118 valence electrons. The average molecular weight is 333 g/mol. The van der Waals surface area contributed by atoms with Gasteiger partial charge in [-0.2, -0.15) is 8.42 Å². The highest BCUT2D eigenvalue weighted by molar-refractivity contribution is 7.85. The number of hydrogen-bond donors (Lipinski definition) is 1. The predicted molar refractivity (Wildman–Crippen MR) is 80.4 cm³/mol. The minimum Gasteiger partial charge on any atom is -0.495 e. The summed E-state index contributed by atoms with van der Waals surface area (Å²) in [7, 11) is -3.16. The summed E-state index contributed by atoms with van der Waals surface area (Å²) in [4.78, 5) is 25.3. The normalized spacial score (nSPS) is 14.1. The molecule has 0 aromatic heterocycles. The molecule has 0 unspecified atom stereocenters. The van der Waals surface area contributed by atoms with E-state index in [2.05, 4.69) is 0 Å². The first-order chi connectivity index (χ1) is 10.8. The first kappa shape index (κ1) is 15.2. The van der Waals surface area contributed by atoms with Gasteiger partial charge >= 0.3 is 0 Å². The van der Waals surface area contributed by atoms with Gasteiger partial charge in [-0.25, -0.2) is 4.90 Å². The standard InChI is InChI=1S/C15H11NO6S/c1-22-13-7-6-9(23(19,20)21)8-12(13)16-14(17)10-4-2-3-5-11(10)15(16)18/h2-8H,1H3,(H,19,20,21). The van der Waals surface area contributed by atoms with Crippen LogP contribution in [0.3, 0.4) is 0 Å². The minimum absolute atomic E-state index is 0.0474. The largest absolute Gasteiger partial charge is 0.495 e. The van der Waals surface area contributed by atoms with Gasteiger partial charge in [-0.15, -0.1) is 0 Å². The third-order valence-corrected chi connectivity index (χ3v) is 4.33. The molecule has 0 spiro atoms. The highest BCUT2D eigenvalue weighted by Gasteiger charge is 2.38. The molecule has 0 atom stereocenters. The number of benzene rings is 2. The van der Waals surface area contributed by atoms with Crippen LogP contribution in [0.1, 0.15) is 20.7 Å². The van der Waals surface area contributed by atoms with Crippen molar-refractivity contribution in [1.82, 2.24) is 0 Å². The lowest BCUT2D eigenvalue weighted by Crippen LogP contribution is -2.30. The number of carbonyl (C=O) groups is 2. The third-order valence-electron chi connectivity index (χ3n) is 3.48. The van der Waals surface area contributed by atoms with E-state index in [-0.39, 0.29) is 22.6 Å². The van der Waals surface area contributed by atoms with E-state index in [1.807, 2.05) is 0 Å². The average Bonchev–Trinajstić information content (AvgIpc) is 2.78. The molecule has 0 fully saturated rings. The Balaban J connectivity index is 2.20. The monoisotopic (exact) mass is 333 g/mol. The van der Waals surface area contributed by atoms with Crippen LogP contribution in [-0.4, -0.2) is 31.9 Å². The van der Waals surface area contributed by atoms with Gasteiger partial charge in [0.25, 0.3) is 21.9 Å². The van der Waals surface area contributed by atoms with Crippen molar-refractivity contribution in [1.29, 1.82) is 0 Å². The van der Waals surface area contributed by atoms with Crippen LogP contribution in [0, 0.1) is 0 Å². The Hall–Kier alpha value is -2.71. The molecule has 1 heterocycles. The molecule has 2 aromatic rings. The van der Waals surface area contributed by atoms with E-state index in [0.717, 1.165) is 17.0 Å². The summed E-state index contributed by atoms with van der Waals surface area (Å²) in [6, 6.07) is 9.68. The van der Waals surface area contributed by atoms with Gasteiger partial charge < -0.3 is 4.74 Å². The summed E-state index contributed by atoms with van der Waals surface area (Å²) in [5.74, 6) is -1.04. The van der Waals surface area contributed by atoms with Crippen LogP contribution in [0.4, 0.5) is 5.69 Å². The number of methoxy groups -OCH3 is 1. The fourth-order valence-electron chi connectivity index (χ4n) is 2.41. The van der Waals surface area contributed by atoms with Crippen LogP contribution < -0.4 is 9.64 Å². The van der Waals surface area contributed by atoms with E-state index in [1.54, 1.807) is 12.1 Å². The quantitative estimate of drug-likeness (QED) is 0.678. The summed E-state index contributed by atoms with van der Waals surface area (Å²) < 4.78 is 36.9. The maximum atomic E-state index is 12.5. The van der Waals surface area contributed by atoms with Crippen LogP contribution in [0.2, 0.25) is 0 Å². The summed E-state index contributed by atoms with van der Waals surface area (Å²) in [6.45, 7) is 0. The van der Waals surface area contributed by atoms with Crippen molar-refractivity contribution in [3.05, 3.63) is 53.6 Å². The second-order valence-corrected chi connectivity index (χ2v) is 6.22. The molecular weight excluding hydrogens is 322 g/mol. The summed E-state index contributed by atoms with van der Waals surface area (Å²) >= 11 is 0. The number of ether oxygens (including phenoxy) is 1. The van der Waals surface area contributed by atoms with Crippen LogP contribution in [-0.2, 0) is 10.1 Å². The molecule has 3 rings (SSSR count). The number of hydrogen-bond acceptors (Lipinski definition) is 5. The summed E-state index contributed by atoms with van der Waals surface area (Å²) in [6.07, 6.45) is 0. The minimum atomic E-state index is -4.49. The zero-order chi connectivity index (χ0) is 16.8. The lowest BCUT2D eigenvalue weighted by atomic mass is 10.1.